The number of carbonyl (C=O) groups excluding carboxylic acids is 1. The van der Waals surface area contributed by atoms with Gasteiger partial charge in [-0.25, -0.2) is 4.79 Å². The van der Waals surface area contributed by atoms with Gasteiger partial charge in [0.05, 0.1) is 25.1 Å². The maximum Gasteiger partial charge on any atom is 0.359 e. The van der Waals surface area contributed by atoms with E-state index in [1.54, 1.807) is 13.2 Å². The Labute approximate surface area is 86.0 Å². The fourth-order valence-corrected chi connectivity index (χ4v) is 1.46. The lowest BCUT2D eigenvalue weighted by molar-refractivity contribution is 0.0596. The van der Waals surface area contributed by atoms with Gasteiger partial charge in [-0.15, -0.1) is 0 Å². The van der Waals surface area contributed by atoms with E-state index in [1.165, 1.54) is 7.11 Å². The van der Waals surface area contributed by atoms with E-state index in [2.05, 4.69) is 14.9 Å². The maximum absolute atomic E-state index is 11.4. The predicted molar refractivity (Wildman–Crippen MR) is 54.0 cm³/mol. The van der Waals surface area contributed by atoms with Crippen LogP contribution in [0, 0.1) is 0 Å². The maximum atomic E-state index is 11.4. The van der Waals surface area contributed by atoms with Crippen LogP contribution in [0.3, 0.4) is 0 Å². The van der Waals surface area contributed by atoms with E-state index in [1.807, 2.05) is 12.1 Å². The molecule has 5 heteroatoms. The standard InChI is InChI=1S/C10H10N2O3/c1-14-7-5-3-4-6-8(7)9(12-11-6)10(13)15-2/h3-5H,1-2H3,(H,11,12). The van der Waals surface area contributed by atoms with Crippen molar-refractivity contribution in [2.75, 3.05) is 14.2 Å². The number of methoxy groups -OCH3 is 2. The minimum Gasteiger partial charge on any atom is -0.496 e. The first-order valence-corrected chi connectivity index (χ1v) is 4.37. The Morgan fingerprint density at radius 3 is 2.87 bits per heavy atom. The van der Waals surface area contributed by atoms with Crippen LogP contribution in [0.4, 0.5) is 0 Å². The highest BCUT2D eigenvalue weighted by Crippen LogP contribution is 2.27. The molecule has 78 valence electrons. The molecular formula is C10H10N2O3. The number of esters is 1. The van der Waals surface area contributed by atoms with Crippen LogP contribution in [-0.2, 0) is 4.74 Å². The summed E-state index contributed by atoms with van der Waals surface area (Å²) in [6.07, 6.45) is 0. The number of nitrogens with one attached hydrogen (secondary N) is 1. The summed E-state index contributed by atoms with van der Waals surface area (Å²) >= 11 is 0. The van der Waals surface area contributed by atoms with Crippen molar-refractivity contribution in [1.82, 2.24) is 10.2 Å². The zero-order valence-corrected chi connectivity index (χ0v) is 8.40. The van der Waals surface area contributed by atoms with E-state index >= 15 is 0 Å². The third kappa shape index (κ3) is 1.41. The molecule has 0 aliphatic carbocycles. The van der Waals surface area contributed by atoms with E-state index in [-0.39, 0.29) is 5.69 Å². The summed E-state index contributed by atoms with van der Waals surface area (Å²) in [5.41, 5.74) is 0.986. The van der Waals surface area contributed by atoms with Crippen molar-refractivity contribution < 1.29 is 14.3 Å². The van der Waals surface area contributed by atoms with Crippen LogP contribution < -0.4 is 4.74 Å². The lowest BCUT2D eigenvalue weighted by Crippen LogP contribution is -2.02. The van der Waals surface area contributed by atoms with Crippen molar-refractivity contribution in [3.05, 3.63) is 23.9 Å². The van der Waals surface area contributed by atoms with Gasteiger partial charge < -0.3 is 9.47 Å². The number of hydrogen-bond donors (Lipinski definition) is 1. The molecule has 2 aromatic rings. The molecule has 1 aromatic heterocycles. The molecule has 0 radical (unpaired) electrons. The lowest BCUT2D eigenvalue weighted by atomic mass is 10.2. The first-order chi connectivity index (χ1) is 7.27. The van der Waals surface area contributed by atoms with Crippen molar-refractivity contribution in [3.63, 3.8) is 0 Å². The molecular weight excluding hydrogens is 196 g/mol. The summed E-state index contributed by atoms with van der Waals surface area (Å²) in [7, 11) is 2.86. The Hall–Kier alpha value is -2.04. The van der Waals surface area contributed by atoms with E-state index in [9.17, 15) is 4.79 Å². The summed E-state index contributed by atoms with van der Waals surface area (Å²) in [5, 5.41) is 7.29. The molecule has 1 aromatic carbocycles. The van der Waals surface area contributed by atoms with E-state index < -0.39 is 5.97 Å². The highest BCUT2D eigenvalue weighted by molar-refractivity contribution is 6.04. The summed E-state index contributed by atoms with van der Waals surface area (Å²) in [6.45, 7) is 0. The smallest absolute Gasteiger partial charge is 0.359 e. The zero-order valence-electron chi connectivity index (χ0n) is 8.40. The molecule has 1 N–H and O–H groups in total. The summed E-state index contributed by atoms with van der Waals surface area (Å²) in [6, 6.07) is 5.40. The predicted octanol–water partition coefficient (Wildman–Crippen LogP) is 1.36. The molecule has 0 saturated carbocycles. The molecule has 0 spiro atoms. The van der Waals surface area contributed by atoms with Crippen molar-refractivity contribution in [2.45, 2.75) is 0 Å². The molecule has 0 aliphatic rings. The molecule has 0 bridgehead atoms. The van der Waals surface area contributed by atoms with Crippen molar-refractivity contribution in [2.24, 2.45) is 0 Å². The van der Waals surface area contributed by atoms with Gasteiger partial charge in [0.25, 0.3) is 0 Å². The minimum atomic E-state index is -0.481. The molecule has 0 amide bonds. The molecule has 0 unspecified atom stereocenters. The Bertz CT molecular complexity index is 504. The normalized spacial score (nSPS) is 10.3. The quantitative estimate of drug-likeness (QED) is 0.753. The van der Waals surface area contributed by atoms with Crippen LogP contribution in [0.25, 0.3) is 10.9 Å². The number of fused-ring (bicyclic) bond motifs is 1. The van der Waals surface area contributed by atoms with Gasteiger partial charge >= 0.3 is 5.97 Å². The van der Waals surface area contributed by atoms with Crippen molar-refractivity contribution >= 4 is 16.9 Å². The highest BCUT2D eigenvalue weighted by Gasteiger charge is 2.17. The Balaban J connectivity index is 2.71. The van der Waals surface area contributed by atoms with Crippen molar-refractivity contribution in [3.8, 4) is 5.75 Å². The average molecular weight is 206 g/mol. The molecule has 0 aliphatic heterocycles. The SMILES string of the molecule is COC(=O)c1n[nH]c2cccc(OC)c12. The topological polar surface area (TPSA) is 64.2 Å². The van der Waals surface area contributed by atoms with Gasteiger partial charge in [-0.3, -0.25) is 5.10 Å². The molecule has 0 atom stereocenters. The largest absolute Gasteiger partial charge is 0.496 e. The molecule has 0 fully saturated rings. The summed E-state index contributed by atoms with van der Waals surface area (Å²) in [4.78, 5) is 11.4. The fourth-order valence-electron chi connectivity index (χ4n) is 1.46. The number of carbonyl (C=O) groups is 1. The average Bonchev–Trinajstić information content (AvgIpc) is 2.71. The van der Waals surface area contributed by atoms with Gasteiger partial charge in [0.15, 0.2) is 5.69 Å². The highest BCUT2D eigenvalue weighted by atomic mass is 16.5. The number of aromatic nitrogens is 2. The van der Waals surface area contributed by atoms with Crippen LogP contribution in [0.1, 0.15) is 10.5 Å². The van der Waals surface area contributed by atoms with Crippen LogP contribution in [0.2, 0.25) is 0 Å². The fraction of sp³-hybridized carbons (Fsp3) is 0.200. The third-order valence-electron chi connectivity index (χ3n) is 2.15. The van der Waals surface area contributed by atoms with Gasteiger partial charge in [-0.1, -0.05) is 6.07 Å². The summed E-state index contributed by atoms with van der Waals surface area (Å²) in [5.74, 6) is 0.118. The molecule has 15 heavy (non-hydrogen) atoms. The number of aromatic amines is 1. The molecule has 2 rings (SSSR count). The van der Waals surface area contributed by atoms with Crippen LogP contribution >= 0.6 is 0 Å². The molecule has 5 nitrogen and oxygen atoms in total. The monoisotopic (exact) mass is 206 g/mol. The van der Waals surface area contributed by atoms with Crippen LogP contribution in [0.5, 0.6) is 5.75 Å². The second kappa shape index (κ2) is 3.61. The summed E-state index contributed by atoms with van der Waals surface area (Å²) < 4.78 is 9.78. The van der Waals surface area contributed by atoms with E-state index in [4.69, 9.17) is 4.74 Å². The number of benzene rings is 1. The Morgan fingerprint density at radius 2 is 2.20 bits per heavy atom. The molecule has 0 saturated heterocycles. The third-order valence-corrected chi connectivity index (χ3v) is 2.15. The number of H-pyrrole nitrogens is 1. The zero-order chi connectivity index (χ0) is 10.8. The van der Waals surface area contributed by atoms with Gasteiger partial charge in [0.1, 0.15) is 5.75 Å². The lowest BCUT2D eigenvalue weighted by Gasteiger charge is -2.01. The van der Waals surface area contributed by atoms with E-state index in [0.29, 0.717) is 11.1 Å². The van der Waals surface area contributed by atoms with Crippen LogP contribution in [0.15, 0.2) is 18.2 Å². The van der Waals surface area contributed by atoms with Gasteiger partial charge in [0, 0.05) is 0 Å². The van der Waals surface area contributed by atoms with Gasteiger partial charge in [0.2, 0.25) is 0 Å². The van der Waals surface area contributed by atoms with E-state index in [0.717, 1.165) is 5.52 Å². The van der Waals surface area contributed by atoms with Gasteiger partial charge in [-0.05, 0) is 12.1 Å². The first kappa shape index (κ1) is 9.51. The number of rotatable bonds is 2. The number of hydrogen-bond acceptors (Lipinski definition) is 4. The number of nitrogens with zero attached hydrogens (tertiary/aromatic N) is 1. The Morgan fingerprint density at radius 1 is 1.40 bits per heavy atom. The van der Waals surface area contributed by atoms with Gasteiger partial charge in [-0.2, -0.15) is 5.10 Å². The second-order valence-corrected chi connectivity index (χ2v) is 2.95. The Kier molecular flexibility index (Phi) is 2.29. The molecule has 1 heterocycles. The minimum absolute atomic E-state index is 0.241. The number of ether oxygens (including phenoxy) is 2. The second-order valence-electron chi connectivity index (χ2n) is 2.95. The van der Waals surface area contributed by atoms with Crippen LogP contribution in [-0.4, -0.2) is 30.4 Å². The van der Waals surface area contributed by atoms with Crippen molar-refractivity contribution in [1.29, 1.82) is 0 Å². The first-order valence-electron chi connectivity index (χ1n) is 4.37.